The molecule has 9 nitrogen and oxygen atoms in total. The summed E-state index contributed by atoms with van der Waals surface area (Å²) in [5, 5.41) is 23.4. The summed E-state index contributed by atoms with van der Waals surface area (Å²) in [7, 11) is 0. The van der Waals surface area contributed by atoms with E-state index in [2.05, 4.69) is 10.6 Å². The number of benzene rings is 3. The molecule has 0 atom stereocenters. The van der Waals surface area contributed by atoms with Gasteiger partial charge in [-0.2, -0.15) is 18.4 Å². The standard InChI is InChI=1S/C27H21F4N5O4/c1-26(2)23(38)36(19-8-4-15(13-32)21(12-19)27(29,30)31)25(40)35(26)14-16-3-5-17(28)11-22(16)34-24(39)33-18-6-9-20(37)10-7-18/h3-12,37H,14H2,1-2H3,(H2,33,34,39). The number of aromatic hydroxyl groups is 1. The van der Waals surface area contributed by atoms with E-state index in [1.807, 2.05) is 0 Å². The first-order valence-electron chi connectivity index (χ1n) is 11.7. The zero-order valence-corrected chi connectivity index (χ0v) is 21.0. The number of phenolic OH excluding ortho intramolecular Hbond substituents is 1. The van der Waals surface area contributed by atoms with E-state index in [4.69, 9.17) is 5.26 Å². The van der Waals surface area contributed by atoms with Crippen molar-refractivity contribution in [2.75, 3.05) is 15.5 Å². The lowest BCUT2D eigenvalue weighted by Crippen LogP contribution is -2.43. The van der Waals surface area contributed by atoms with Crippen LogP contribution in [0.1, 0.15) is 30.5 Å². The Bertz CT molecular complexity index is 1550. The summed E-state index contributed by atoms with van der Waals surface area (Å²) in [5.41, 5.74) is -3.34. The van der Waals surface area contributed by atoms with Crippen molar-refractivity contribution in [3.8, 4) is 11.8 Å². The molecule has 13 heteroatoms. The van der Waals surface area contributed by atoms with Crippen LogP contribution in [0.4, 0.5) is 44.2 Å². The molecular weight excluding hydrogens is 534 g/mol. The Morgan fingerprint density at radius 2 is 1.70 bits per heavy atom. The van der Waals surface area contributed by atoms with E-state index in [1.165, 1.54) is 50.2 Å². The van der Waals surface area contributed by atoms with Gasteiger partial charge < -0.3 is 20.6 Å². The number of urea groups is 2. The lowest BCUT2D eigenvalue weighted by Gasteiger charge is -2.28. The fourth-order valence-corrected chi connectivity index (χ4v) is 4.13. The molecule has 1 saturated heterocycles. The van der Waals surface area contributed by atoms with Gasteiger partial charge in [0.25, 0.3) is 5.91 Å². The molecule has 5 amide bonds. The van der Waals surface area contributed by atoms with Crippen molar-refractivity contribution in [1.29, 1.82) is 5.26 Å². The van der Waals surface area contributed by atoms with E-state index in [-0.39, 0.29) is 29.2 Å². The summed E-state index contributed by atoms with van der Waals surface area (Å²) in [6, 6.07) is 11.2. The van der Waals surface area contributed by atoms with Gasteiger partial charge in [0.15, 0.2) is 0 Å². The summed E-state index contributed by atoms with van der Waals surface area (Å²) in [5.74, 6) is -1.54. The molecule has 3 aromatic rings. The summed E-state index contributed by atoms with van der Waals surface area (Å²) in [6.45, 7) is 2.48. The molecule has 0 spiro atoms. The number of amides is 5. The van der Waals surface area contributed by atoms with Gasteiger partial charge in [-0.3, -0.25) is 4.79 Å². The van der Waals surface area contributed by atoms with Gasteiger partial charge in [0, 0.05) is 5.69 Å². The Kier molecular flexibility index (Phi) is 7.13. The lowest BCUT2D eigenvalue weighted by molar-refractivity contribution is -0.137. The molecule has 0 bridgehead atoms. The molecule has 0 aliphatic carbocycles. The van der Waals surface area contributed by atoms with Crippen LogP contribution in [0.25, 0.3) is 0 Å². The smallest absolute Gasteiger partial charge is 0.417 e. The van der Waals surface area contributed by atoms with Gasteiger partial charge in [0.2, 0.25) is 0 Å². The van der Waals surface area contributed by atoms with Crippen LogP contribution >= 0.6 is 0 Å². The largest absolute Gasteiger partial charge is 0.508 e. The second-order valence-electron chi connectivity index (χ2n) is 9.34. The molecule has 1 fully saturated rings. The van der Waals surface area contributed by atoms with Crippen molar-refractivity contribution in [2.45, 2.75) is 32.1 Å². The molecule has 0 saturated carbocycles. The number of anilines is 3. The minimum Gasteiger partial charge on any atom is -0.508 e. The molecule has 1 aliphatic rings. The highest BCUT2D eigenvalue weighted by atomic mass is 19.4. The number of halogens is 4. The average Bonchev–Trinajstić information content (AvgIpc) is 3.05. The SMILES string of the molecule is CC1(C)C(=O)N(c2ccc(C#N)c(C(F)(F)F)c2)C(=O)N1Cc1ccc(F)cc1NC(=O)Nc1ccc(O)cc1. The predicted octanol–water partition coefficient (Wildman–Crippen LogP) is 5.81. The summed E-state index contributed by atoms with van der Waals surface area (Å²) >= 11 is 0. The molecule has 206 valence electrons. The van der Waals surface area contributed by atoms with Gasteiger partial charge in [0.05, 0.1) is 35.1 Å². The van der Waals surface area contributed by atoms with Gasteiger partial charge in [-0.25, -0.2) is 18.9 Å². The summed E-state index contributed by atoms with van der Waals surface area (Å²) in [4.78, 5) is 40.9. The van der Waals surface area contributed by atoms with E-state index < -0.39 is 46.6 Å². The number of hydrogen-bond acceptors (Lipinski definition) is 5. The number of imide groups is 1. The number of carbonyl (C=O) groups is 3. The molecule has 0 aromatic heterocycles. The molecule has 40 heavy (non-hydrogen) atoms. The van der Waals surface area contributed by atoms with Crippen LogP contribution in [0.3, 0.4) is 0 Å². The van der Waals surface area contributed by atoms with Crippen LogP contribution in [0.5, 0.6) is 5.75 Å². The number of nitrogens with zero attached hydrogens (tertiary/aromatic N) is 3. The van der Waals surface area contributed by atoms with Crippen molar-refractivity contribution in [3.63, 3.8) is 0 Å². The Balaban J connectivity index is 1.63. The zero-order valence-electron chi connectivity index (χ0n) is 21.0. The Hall–Kier alpha value is -5.12. The minimum atomic E-state index is -4.91. The highest BCUT2D eigenvalue weighted by molar-refractivity contribution is 6.23. The maximum atomic E-state index is 14.1. The minimum absolute atomic E-state index is 0.0181. The van der Waals surface area contributed by atoms with Crippen molar-refractivity contribution in [2.24, 2.45) is 0 Å². The molecule has 3 N–H and O–H groups in total. The van der Waals surface area contributed by atoms with Crippen molar-refractivity contribution in [1.82, 2.24) is 4.90 Å². The molecular formula is C27H21F4N5O4. The van der Waals surface area contributed by atoms with E-state index in [1.54, 1.807) is 0 Å². The third-order valence-electron chi connectivity index (χ3n) is 6.28. The Morgan fingerprint density at radius 1 is 1.02 bits per heavy atom. The average molecular weight is 555 g/mol. The maximum absolute atomic E-state index is 14.1. The van der Waals surface area contributed by atoms with Crippen molar-refractivity contribution < 1.29 is 37.1 Å². The van der Waals surface area contributed by atoms with Crippen molar-refractivity contribution >= 4 is 35.0 Å². The van der Waals surface area contributed by atoms with Crippen LogP contribution in [-0.2, 0) is 17.5 Å². The van der Waals surface area contributed by atoms with Gasteiger partial charge in [-0.05, 0) is 74.0 Å². The molecule has 1 heterocycles. The van der Waals surface area contributed by atoms with E-state index in [0.29, 0.717) is 16.7 Å². The summed E-state index contributed by atoms with van der Waals surface area (Å²) < 4.78 is 54.6. The molecule has 0 radical (unpaired) electrons. The molecule has 0 unspecified atom stereocenters. The third kappa shape index (κ3) is 5.37. The van der Waals surface area contributed by atoms with Crippen molar-refractivity contribution in [3.05, 3.63) is 83.2 Å². The Labute approximate surface area is 225 Å². The fourth-order valence-electron chi connectivity index (χ4n) is 4.13. The lowest BCUT2D eigenvalue weighted by atomic mass is 10.0. The third-order valence-corrected chi connectivity index (χ3v) is 6.28. The molecule has 1 aliphatic heterocycles. The van der Waals surface area contributed by atoms with E-state index >= 15 is 0 Å². The zero-order chi connectivity index (χ0) is 29.4. The van der Waals surface area contributed by atoms with E-state index in [9.17, 15) is 37.1 Å². The first kappa shape index (κ1) is 27.9. The second kappa shape index (κ2) is 10.2. The van der Waals surface area contributed by atoms with Gasteiger partial charge in [0.1, 0.15) is 17.1 Å². The first-order valence-corrected chi connectivity index (χ1v) is 11.7. The van der Waals surface area contributed by atoms with Gasteiger partial charge in [-0.1, -0.05) is 6.07 Å². The topological polar surface area (TPSA) is 126 Å². The quantitative estimate of drug-likeness (QED) is 0.208. The van der Waals surface area contributed by atoms with Gasteiger partial charge >= 0.3 is 18.2 Å². The first-order chi connectivity index (χ1) is 18.7. The number of alkyl halides is 3. The van der Waals surface area contributed by atoms with E-state index in [0.717, 1.165) is 29.2 Å². The number of rotatable bonds is 5. The molecule has 4 rings (SSSR count). The van der Waals surface area contributed by atoms with Crippen LogP contribution in [-0.4, -0.2) is 33.5 Å². The number of nitriles is 1. The number of phenols is 1. The predicted molar refractivity (Wildman–Crippen MR) is 136 cm³/mol. The normalized spacial score (nSPS) is 14.7. The Morgan fingerprint density at radius 3 is 2.33 bits per heavy atom. The number of carbonyl (C=O) groups excluding carboxylic acids is 3. The van der Waals surface area contributed by atoms with Crippen LogP contribution in [0.2, 0.25) is 0 Å². The summed E-state index contributed by atoms with van der Waals surface area (Å²) in [6.07, 6.45) is -4.91. The number of nitrogens with one attached hydrogen (secondary N) is 2. The number of hydrogen-bond donors (Lipinski definition) is 3. The highest BCUT2D eigenvalue weighted by Crippen LogP contribution is 2.38. The molecule has 3 aromatic carbocycles. The highest BCUT2D eigenvalue weighted by Gasteiger charge is 2.52. The van der Waals surface area contributed by atoms with Crippen LogP contribution < -0.4 is 15.5 Å². The second-order valence-corrected chi connectivity index (χ2v) is 9.34. The maximum Gasteiger partial charge on any atom is 0.417 e. The fraction of sp³-hybridized carbons (Fsp3) is 0.185. The van der Waals surface area contributed by atoms with Crippen LogP contribution in [0, 0.1) is 17.1 Å². The monoisotopic (exact) mass is 555 g/mol. The van der Waals surface area contributed by atoms with Crippen LogP contribution in [0.15, 0.2) is 60.7 Å². The van der Waals surface area contributed by atoms with Gasteiger partial charge in [-0.15, -0.1) is 0 Å².